The molecule has 6 nitrogen and oxygen atoms in total. The van der Waals surface area contributed by atoms with Gasteiger partial charge in [0.05, 0.1) is 13.2 Å². The minimum Gasteiger partial charge on any atom is -0.468 e. The van der Waals surface area contributed by atoms with Crippen LogP contribution >= 0.6 is 0 Å². The van der Waals surface area contributed by atoms with Gasteiger partial charge in [-0.15, -0.1) is 0 Å². The standard InChI is InChI=1S/C10H18N2O4/c1-5-11(2)8(9(13)15-4)7-6-16-10(14)12(7)3/h7-8H,5-6H2,1-4H3/t7-,8+/m0/s1. The van der Waals surface area contributed by atoms with Crippen LogP contribution in [0.1, 0.15) is 6.92 Å². The highest BCUT2D eigenvalue weighted by atomic mass is 16.6. The Hall–Kier alpha value is -1.30. The fourth-order valence-corrected chi connectivity index (χ4v) is 1.76. The second-order valence-corrected chi connectivity index (χ2v) is 3.80. The first kappa shape index (κ1) is 12.8. The van der Waals surface area contributed by atoms with Crippen LogP contribution in [0.4, 0.5) is 4.79 Å². The minimum atomic E-state index is -0.480. The van der Waals surface area contributed by atoms with Crippen LogP contribution in [0.3, 0.4) is 0 Å². The van der Waals surface area contributed by atoms with Crippen LogP contribution in [0, 0.1) is 0 Å². The number of ether oxygens (including phenoxy) is 2. The fraction of sp³-hybridized carbons (Fsp3) is 0.800. The van der Waals surface area contributed by atoms with Crippen LogP contribution in [0.2, 0.25) is 0 Å². The van der Waals surface area contributed by atoms with E-state index in [2.05, 4.69) is 0 Å². The third-order valence-corrected chi connectivity index (χ3v) is 2.94. The Balaban J connectivity index is 2.84. The third kappa shape index (κ3) is 2.27. The van der Waals surface area contributed by atoms with Crippen molar-refractivity contribution in [2.45, 2.75) is 19.0 Å². The molecule has 1 fully saturated rings. The van der Waals surface area contributed by atoms with Gasteiger partial charge in [-0.2, -0.15) is 0 Å². The summed E-state index contributed by atoms with van der Waals surface area (Å²) >= 11 is 0. The van der Waals surface area contributed by atoms with Gasteiger partial charge in [0.25, 0.3) is 0 Å². The number of cyclic esters (lactones) is 1. The molecule has 2 atom stereocenters. The van der Waals surface area contributed by atoms with Crippen molar-refractivity contribution in [3.05, 3.63) is 0 Å². The van der Waals surface area contributed by atoms with Crippen LogP contribution < -0.4 is 0 Å². The van der Waals surface area contributed by atoms with Crippen molar-refractivity contribution in [2.24, 2.45) is 0 Å². The Labute approximate surface area is 95.1 Å². The summed E-state index contributed by atoms with van der Waals surface area (Å²) < 4.78 is 9.66. The van der Waals surface area contributed by atoms with Crippen LogP contribution in [0.5, 0.6) is 0 Å². The molecule has 0 saturated carbocycles. The van der Waals surface area contributed by atoms with Crippen molar-refractivity contribution >= 4 is 12.1 Å². The van der Waals surface area contributed by atoms with Crippen LogP contribution in [-0.4, -0.2) is 68.3 Å². The number of amides is 1. The number of esters is 1. The van der Waals surface area contributed by atoms with E-state index in [9.17, 15) is 9.59 Å². The highest BCUT2D eigenvalue weighted by molar-refractivity contribution is 5.79. The van der Waals surface area contributed by atoms with Gasteiger partial charge in [0.2, 0.25) is 0 Å². The Morgan fingerprint density at radius 2 is 2.38 bits per heavy atom. The van der Waals surface area contributed by atoms with Gasteiger partial charge in [-0.25, -0.2) is 4.79 Å². The molecular formula is C10H18N2O4. The molecule has 6 heteroatoms. The van der Waals surface area contributed by atoms with Crippen molar-refractivity contribution in [3.63, 3.8) is 0 Å². The first-order valence-electron chi connectivity index (χ1n) is 5.20. The molecule has 1 rings (SSSR count). The minimum absolute atomic E-state index is 0.222. The van der Waals surface area contributed by atoms with Crippen molar-refractivity contribution in [2.75, 3.05) is 34.4 Å². The van der Waals surface area contributed by atoms with Gasteiger partial charge in [-0.3, -0.25) is 9.69 Å². The summed E-state index contributed by atoms with van der Waals surface area (Å²) in [6.07, 6.45) is -0.400. The summed E-state index contributed by atoms with van der Waals surface area (Å²) in [6.45, 7) is 2.85. The number of carbonyl (C=O) groups is 2. The highest BCUT2D eigenvalue weighted by Crippen LogP contribution is 2.17. The molecule has 1 heterocycles. The van der Waals surface area contributed by atoms with E-state index in [1.807, 2.05) is 18.9 Å². The molecule has 0 aromatic heterocycles. The molecule has 0 aromatic carbocycles. The van der Waals surface area contributed by atoms with E-state index in [1.54, 1.807) is 7.05 Å². The fourth-order valence-electron chi connectivity index (χ4n) is 1.76. The Morgan fingerprint density at radius 1 is 1.75 bits per heavy atom. The third-order valence-electron chi connectivity index (χ3n) is 2.94. The lowest BCUT2D eigenvalue weighted by molar-refractivity contribution is -0.148. The number of likely N-dealkylation sites (N-methyl/N-ethyl adjacent to an activating group) is 2. The molecule has 0 N–H and O–H groups in total. The average Bonchev–Trinajstić information content (AvgIpc) is 2.60. The van der Waals surface area contributed by atoms with E-state index in [4.69, 9.17) is 9.47 Å². The van der Waals surface area contributed by atoms with E-state index in [-0.39, 0.29) is 18.6 Å². The number of hydrogen-bond acceptors (Lipinski definition) is 5. The molecule has 0 radical (unpaired) electrons. The Bertz CT molecular complexity index is 282. The van der Waals surface area contributed by atoms with E-state index < -0.39 is 12.1 Å². The lowest BCUT2D eigenvalue weighted by Gasteiger charge is -2.31. The first-order valence-corrected chi connectivity index (χ1v) is 5.20. The molecule has 0 spiro atoms. The van der Waals surface area contributed by atoms with Gasteiger partial charge in [0.1, 0.15) is 12.6 Å². The second kappa shape index (κ2) is 5.16. The molecule has 0 aromatic rings. The molecule has 1 amide bonds. The number of hydrogen-bond donors (Lipinski definition) is 0. The molecule has 1 aliphatic heterocycles. The van der Waals surface area contributed by atoms with Crippen molar-refractivity contribution < 1.29 is 19.1 Å². The van der Waals surface area contributed by atoms with Crippen LogP contribution in [0.25, 0.3) is 0 Å². The molecule has 0 bridgehead atoms. The normalized spacial score (nSPS) is 22.2. The molecule has 1 saturated heterocycles. The number of carbonyl (C=O) groups excluding carboxylic acids is 2. The van der Waals surface area contributed by atoms with Gasteiger partial charge in [0.15, 0.2) is 0 Å². The zero-order valence-electron chi connectivity index (χ0n) is 10.1. The maximum Gasteiger partial charge on any atom is 0.410 e. The maximum absolute atomic E-state index is 11.7. The largest absolute Gasteiger partial charge is 0.468 e. The predicted molar refractivity (Wildman–Crippen MR) is 57.0 cm³/mol. The summed E-state index contributed by atoms with van der Waals surface area (Å²) in [7, 11) is 4.79. The smallest absolute Gasteiger partial charge is 0.410 e. The zero-order valence-corrected chi connectivity index (χ0v) is 10.1. The molecule has 1 aliphatic rings. The topological polar surface area (TPSA) is 59.1 Å². The van der Waals surface area contributed by atoms with E-state index in [0.717, 1.165) is 0 Å². The average molecular weight is 230 g/mol. The van der Waals surface area contributed by atoms with Gasteiger partial charge in [-0.05, 0) is 13.6 Å². The van der Waals surface area contributed by atoms with Crippen molar-refractivity contribution in [1.82, 2.24) is 9.80 Å². The Morgan fingerprint density at radius 3 is 2.75 bits per heavy atom. The van der Waals surface area contributed by atoms with Crippen LogP contribution in [0.15, 0.2) is 0 Å². The lowest BCUT2D eigenvalue weighted by Crippen LogP contribution is -2.53. The molecule has 0 unspecified atom stereocenters. The highest BCUT2D eigenvalue weighted by Gasteiger charge is 2.41. The summed E-state index contributed by atoms with van der Waals surface area (Å²) in [5.41, 5.74) is 0. The Kier molecular flexibility index (Phi) is 4.12. The van der Waals surface area contributed by atoms with Gasteiger partial charge in [-0.1, -0.05) is 6.92 Å². The van der Waals surface area contributed by atoms with Gasteiger partial charge in [0, 0.05) is 7.05 Å². The molecule has 0 aliphatic carbocycles. The predicted octanol–water partition coefficient (Wildman–Crippen LogP) is -0.0697. The SMILES string of the molecule is CCN(C)[C@@H](C(=O)OC)[C@@H]1COC(=O)N1C. The monoisotopic (exact) mass is 230 g/mol. The molecule has 92 valence electrons. The summed E-state index contributed by atoms with van der Waals surface area (Å²) in [5, 5.41) is 0. The first-order chi connectivity index (χ1) is 7.52. The molecular weight excluding hydrogens is 212 g/mol. The lowest BCUT2D eigenvalue weighted by atomic mass is 10.1. The van der Waals surface area contributed by atoms with Crippen molar-refractivity contribution in [3.8, 4) is 0 Å². The number of methoxy groups -OCH3 is 1. The van der Waals surface area contributed by atoms with E-state index in [1.165, 1.54) is 12.0 Å². The van der Waals surface area contributed by atoms with Gasteiger partial charge >= 0.3 is 12.1 Å². The second-order valence-electron chi connectivity index (χ2n) is 3.80. The van der Waals surface area contributed by atoms with Crippen LogP contribution in [-0.2, 0) is 14.3 Å². The van der Waals surface area contributed by atoms with E-state index >= 15 is 0 Å². The van der Waals surface area contributed by atoms with E-state index in [0.29, 0.717) is 6.54 Å². The number of nitrogens with zero attached hydrogens (tertiary/aromatic N) is 2. The quantitative estimate of drug-likeness (QED) is 0.633. The molecule has 16 heavy (non-hydrogen) atoms. The summed E-state index contributed by atoms with van der Waals surface area (Å²) in [5.74, 6) is -0.348. The maximum atomic E-state index is 11.7. The number of rotatable bonds is 4. The summed E-state index contributed by atoms with van der Waals surface area (Å²) in [4.78, 5) is 26.2. The van der Waals surface area contributed by atoms with Gasteiger partial charge < -0.3 is 14.4 Å². The summed E-state index contributed by atoms with van der Waals surface area (Å²) in [6, 6.07) is -0.767. The van der Waals surface area contributed by atoms with Crippen molar-refractivity contribution in [1.29, 1.82) is 0 Å². The zero-order chi connectivity index (χ0) is 12.3.